The topological polar surface area (TPSA) is 65.5 Å². The third kappa shape index (κ3) is 7.21. The van der Waals surface area contributed by atoms with E-state index in [1.54, 1.807) is 0 Å². The Bertz CT molecular complexity index is 540. The van der Waals surface area contributed by atoms with Gasteiger partial charge in [0.05, 0.1) is 0 Å². The largest absolute Gasteiger partial charge is 0.357 e. The van der Waals surface area contributed by atoms with E-state index in [4.69, 9.17) is 11.6 Å². The summed E-state index contributed by atoms with van der Waals surface area (Å²) in [6.45, 7) is 4.93. The van der Waals surface area contributed by atoms with Crippen LogP contribution in [0.25, 0.3) is 0 Å². The first-order valence-electron chi connectivity index (χ1n) is 8.73. The van der Waals surface area contributed by atoms with E-state index in [1.807, 2.05) is 19.1 Å². The fourth-order valence-corrected chi connectivity index (χ4v) is 2.45. The summed E-state index contributed by atoms with van der Waals surface area (Å²) in [6, 6.07) is 7.94. The molecule has 1 saturated carbocycles. The van der Waals surface area contributed by atoms with E-state index in [2.05, 4.69) is 33.1 Å². The number of nitrogens with zero attached hydrogens (tertiary/aromatic N) is 1. The molecule has 0 unspecified atom stereocenters. The van der Waals surface area contributed by atoms with Gasteiger partial charge < -0.3 is 16.0 Å². The lowest BCUT2D eigenvalue weighted by molar-refractivity contribution is -0.122. The van der Waals surface area contributed by atoms with Crippen LogP contribution < -0.4 is 16.0 Å². The number of carbonyl (C=O) groups is 1. The molecule has 0 bridgehead atoms. The molecule has 2 rings (SSSR count). The summed E-state index contributed by atoms with van der Waals surface area (Å²) in [5.41, 5.74) is 1.27. The second-order valence-corrected chi connectivity index (χ2v) is 6.42. The lowest BCUT2D eigenvalue weighted by Crippen LogP contribution is -2.41. The average molecular weight is 351 g/mol. The van der Waals surface area contributed by atoms with Crippen molar-refractivity contribution in [2.45, 2.75) is 32.6 Å². The van der Waals surface area contributed by atoms with Crippen molar-refractivity contribution in [3.8, 4) is 0 Å². The smallest absolute Gasteiger partial charge is 0.223 e. The van der Waals surface area contributed by atoms with Crippen LogP contribution in [0.3, 0.4) is 0 Å². The number of hydrogen-bond acceptors (Lipinski definition) is 2. The van der Waals surface area contributed by atoms with Crippen molar-refractivity contribution in [2.75, 3.05) is 26.2 Å². The second-order valence-electron chi connectivity index (χ2n) is 5.98. The number of carbonyl (C=O) groups excluding carboxylic acids is 1. The number of rotatable bonds is 9. The Kier molecular flexibility index (Phi) is 7.89. The first kappa shape index (κ1) is 18.6. The Hall–Kier alpha value is -1.75. The molecule has 1 amide bonds. The van der Waals surface area contributed by atoms with Gasteiger partial charge in [0.2, 0.25) is 5.91 Å². The summed E-state index contributed by atoms with van der Waals surface area (Å²) >= 11 is 5.89. The third-order valence-electron chi connectivity index (χ3n) is 3.82. The SMILES string of the molecule is CCNC(=NCCCc1ccc(Cl)cc1)NCCNC(=O)C1CC1. The number of aryl methyl sites for hydroxylation is 1. The molecule has 1 aromatic rings. The van der Waals surface area contributed by atoms with E-state index in [9.17, 15) is 4.79 Å². The maximum absolute atomic E-state index is 11.5. The molecule has 1 aliphatic rings. The van der Waals surface area contributed by atoms with Gasteiger partial charge in [0.25, 0.3) is 0 Å². The maximum atomic E-state index is 11.5. The normalized spacial score (nSPS) is 14.3. The Morgan fingerprint density at radius 3 is 2.54 bits per heavy atom. The molecule has 24 heavy (non-hydrogen) atoms. The van der Waals surface area contributed by atoms with Gasteiger partial charge in [-0.15, -0.1) is 0 Å². The van der Waals surface area contributed by atoms with Crippen molar-refractivity contribution in [3.05, 3.63) is 34.9 Å². The summed E-state index contributed by atoms with van der Waals surface area (Å²) in [7, 11) is 0. The third-order valence-corrected chi connectivity index (χ3v) is 4.07. The zero-order valence-corrected chi connectivity index (χ0v) is 15.0. The number of guanidine groups is 1. The number of benzene rings is 1. The minimum Gasteiger partial charge on any atom is -0.357 e. The average Bonchev–Trinajstić information content (AvgIpc) is 3.41. The van der Waals surface area contributed by atoms with Crippen LogP contribution in [0.4, 0.5) is 0 Å². The predicted molar refractivity (Wildman–Crippen MR) is 99.5 cm³/mol. The lowest BCUT2D eigenvalue weighted by Gasteiger charge is -2.11. The Morgan fingerprint density at radius 2 is 1.88 bits per heavy atom. The monoisotopic (exact) mass is 350 g/mol. The van der Waals surface area contributed by atoms with E-state index in [1.165, 1.54) is 5.56 Å². The molecule has 132 valence electrons. The van der Waals surface area contributed by atoms with Gasteiger partial charge in [-0.05, 0) is 50.3 Å². The van der Waals surface area contributed by atoms with Crippen molar-refractivity contribution in [1.82, 2.24) is 16.0 Å². The second kappa shape index (κ2) is 10.2. The Morgan fingerprint density at radius 1 is 1.17 bits per heavy atom. The van der Waals surface area contributed by atoms with Crippen LogP contribution in [-0.2, 0) is 11.2 Å². The maximum Gasteiger partial charge on any atom is 0.223 e. The highest BCUT2D eigenvalue weighted by molar-refractivity contribution is 6.30. The van der Waals surface area contributed by atoms with Crippen LogP contribution in [0, 0.1) is 5.92 Å². The lowest BCUT2D eigenvalue weighted by atomic mass is 10.1. The molecule has 1 aromatic carbocycles. The summed E-state index contributed by atoms with van der Waals surface area (Å²) in [5.74, 6) is 1.25. The summed E-state index contributed by atoms with van der Waals surface area (Å²) in [4.78, 5) is 16.1. The van der Waals surface area contributed by atoms with Crippen LogP contribution in [0.15, 0.2) is 29.3 Å². The van der Waals surface area contributed by atoms with E-state index in [0.29, 0.717) is 13.1 Å². The highest BCUT2D eigenvalue weighted by Crippen LogP contribution is 2.28. The van der Waals surface area contributed by atoms with Crippen molar-refractivity contribution >= 4 is 23.5 Å². The molecule has 0 radical (unpaired) electrons. The standard InChI is InChI=1S/C18H27ClN4O/c1-2-20-18(23-13-12-21-17(24)15-7-8-15)22-11-3-4-14-5-9-16(19)10-6-14/h5-6,9-10,15H,2-4,7-8,11-13H2,1H3,(H,21,24)(H2,20,22,23). The molecule has 5 nitrogen and oxygen atoms in total. The van der Waals surface area contributed by atoms with Crippen LogP contribution in [0.2, 0.25) is 5.02 Å². The predicted octanol–water partition coefficient (Wildman–Crippen LogP) is 2.35. The quantitative estimate of drug-likeness (QED) is 0.364. The molecule has 1 fully saturated rings. The molecule has 0 aromatic heterocycles. The van der Waals surface area contributed by atoms with Crippen LogP contribution in [0.5, 0.6) is 0 Å². The Balaban J connectivity index is 1.63. The molecular formula is C18H27ClN4O. The molecular weight excluding hydrogens is 324 g/mol. The highest BCUT2D eigenvalue weighted by Gasteiger charge is 2.28. The van der Waals surface area contributed by atoms with Gasteiger partial charge in [0, 0.05) is 37.1 Å². The fraction of sp³-hybridized carbons (Fsp3) is 0.556. The number of amides is 1. The minimum absolute atomic E-state index is 0.182. The zero-order chi connectivity index (χ0) is 17.2. The van der Waals surface area contributed by atoms with Crippen molar-refractivity contribution in [3.63, 3.8) is 0 Å². The zero-order valence-electron chi connectivity index (χ0n) is 14.3. The minimum atomic E-state index is 0.182. The van der Waals surface area contributed by atoms with Gasteiger partial charge in [0.1, 0.15) is 0 Å². The van der Waals surface area contributed by atoms with E-state index < -0.39 is 0 Å². The summed E-state index contributed by atoms with van der Waals surface area (Å²) in [5, 5.41) is 10.2. The molecule has 0 heterocycles. The first-order valence-corrected chi connectivity index (χ1v) is 9.11. The molecule has 6 heteroatoms. The number of hydrogen-bond donors (Lipinski definition) is 3. The molecule has 0 atom stereocenters. The van der Waals surface area contributed by atoms with Gasteiger partial charge >= 0.3 is 0 Å². The molecule has 0 saturated heterocycles. The van der Waals surface area contributed by atoms with Gasteiger partial charge in [0.15, 0.2) is 5.96 Å². The van der Waals surface area contributed by atoms with Gasteiger partial charge in [-0.2, -0.15) is 0 Å². The van der Waals surface area contributed by atoms with Crippen LogP contribution in [-0.4, -0.2) is 38.0 Å². The van der Waals surface area contributed by atoms with Crippen LogP contribution >= 0.6 is 11.6 Å². The fourth-order valence-electron chi connectivity index (χ4n) is 2.32. The van der Waals surface area contributed by atoms with Gasteiger partial charge in [-0.1, -0.05) is 23.7 Å². The van der Waals surface area contributed by atoms with Gasteiger partial charge in [-0.3, -0.25) is 9.79 Å². The molecule has 1 aliphatic carbocycles. The first-order chi connectivity index (χ1) is 11.7. The summed E-state index contributed by atoms with van der Waals surface area (Å²) < 4.78 is 0. The number of nitrogens with one attached hydrogen (secondary N) is 3. The summed E-state index contributed by atoms with van der Waals surface area (Å²) in [6.07, 6.45) is 4.04. The molecule has 0 spiro atoms. The molecule has 0 aliphatic heterocycles. The number of halogens is 1. The van der Waals surface area contributed by atoms with Crippen molar-refractivity contribution in [2.24, 2.45) is 10.9 Å². The number of aliphatic imine (C=N–C) groups is 1. The highest BCUT2D eigenvalue weighted by atomic mass is 35.5. The van der Waals surface area contributed by atoms with Crippen LogP contribution in [0.1, 0.15) is 31.7 Å². The molecule has 3 N–H and O–H groups in total. The van der Waals surface area contributed by atoms with E-state index >= 15 is 0 Å². The van der Waals surface area contributed by atoms with E-state index in [0.717, 1.165) is 49.8 Å². The van der Waals surface area contributed by atoms with Gasteiger partial charge in [-0.25, -0.2) is 0 Å². The van der Waals surface area contributed by atoms with Crippen molar-refractivity contribution in [1.29, 1.82) is 0 Å². The van der Waals surface area contributed by atoms with Crippen molar-refractivity contribution < 1.29 is 4.79 Å². The Labute approximate surface area is 149 Å². The van der Waals surface area contributed by atoms with E-state index in [-0.39, 0.29) is 11.8 Å².